The first-order valence-electron chi connectivity index (χ1n) is 11.1. The van der Waals surface area contributed by atoms with Crippen molar-refractivity contribution in [3.05, 3.63) is 111 Å². The first-order valence-corrected chi connectivity index (χ1v) is 11.1. The van der Waals surface area contributed by atoms with E-state index < -0.39 is 0 Å². The monoisotopic (exact) mass is 459 g/mol. The summed E-state index contributed by atoms with van der Waals surface area (Å²) < 4.78 is 1.48. The summed E-state index contributed by atoms with van der Waals surface area (Å²) in [6.45, 7) is 3.63. The Morgan fingerprint density at radius 3 is 2.54 bits per heavy atom. The number of pyridine rings is 1. The second-order valence-corrected chi connectivity index (χ2v) is 8.23. The lowest BCUT2D eigenvalue weighted by atomic mass is 10.1. The number of nitrogens with one attached hydrogen (secondary N) is 2. The number of carbonyl (C=O) groups excluding carboxylic acids is 1. The summed E-state index contributed by atoms with van der Waals surface area (Å²) >= 11 is 0. The number of benzene rings is 3. The average molecular weight is 460 g/mol. The number of anilines is 2. The molecule has 0 saturated heterocycles. The Morgan fingerprint density at radius 2 is 1.74 bits per heavy atom. The topological polar surface area (TPSA) is 99.3 Å². The van der Waals surface area contributed by atoms with Crippen molar-refractivity contribution in [2.45, 2.75) is 13.8 Å². The number of aryl methyl sites for hydroxylation is 1. The van der Waals surface area contributed by atoms with Crippen LogP contribution in [0.25, 0.3) is 22.9 Å². The minimum absolute atomic E-state index is 0.196. The number of fused-ring (bicyclic) bond motifs is 3. The standard InChI is InChI=1S/C28H21N5O2/c1-17-8-3-4-11-21(17)27(34)31-20-10-7-9-19(14-20)30-16-23-18(2)22(15-29)26-32-24-12-5-6-13-25(24)33(26)28(23)35/h3-14,16,30H,1-2H3,(H,31,34)/b23-16+. The third-order valence-corrected chi connectivity index (χ3v) is 6.00. The summed E-state index contributed by atoms with van der Waals surface area (Å²) in [5, 5.41) is 16.2. The Morgan fingerprint density at radius 1 is 1.00 bits per heavy atom. The summed E-state index contributed by atoms with van der Waals surface area (Å²) in [7, 11) is 0. The maximum absolute atomic E-state index is 13.4. The van der Waals surface area contributed by atoms with Gasteiger partial charge in [0.25, 0.3) is 11.5 Å². The van der Waals surface area contributed by atoms with Crippen molar-refractivity contribution in [2.75, 3.05) is 10.6 Å². The number of imidazole rings is 1. The van der Waals surface area contributed by atoms with E-state index in [1.165, 1.54) is 4.40 Å². The zero-order chi connectivity index (χ0) is 24.5. The molecule has 0 unspecified atom stereocenters. The fraction of sp³-hybridized carbons (Fsp3) is 0.0714. The van der Waals surface area contributed by atoms with Gasteiger partial charge in [0.15, 0.2) is 5.65 Å². The quantitative estimate of drug-likeness (QED) is 0.421. The number of rotatable bonds is 4. The van der Waals surface area contributed by atoms with Crippen LogP contribution in [-0.4, -0.2) is 15.3 Å². The van der Waals surface area contributed by atoms with Gasteiger partial charge in [-0.25, -0.2) is 4.98 Å². The van der Waals surface area contributed by atoms with Crippen LogP contribution in [0.2, 0.25) is 0 Å². The van der Waals surface area contributed by atoms with Crippen molar-refractivity contribution in [1.29, 1.82) is 5.26 Å². The molecule has 0 atom stereocenters. The fourth-order valence-corrected chi connectivity index (χ4v) is 4.15. The SMILES string of the molecule is Cc1ccccc1C(=O)Nc1cccc(N/C=c2\c(C)c(C#N)c3nc4ccccc4n3c2=O)c1. The molecule has 5 rings (SSSR count). The number of amides is 1. The molecule has 35 heavy (non-hydrogen) atoms. The maximum atomic E-state index is 13.4. The lowest BCUT2D eigenvalue weighted by molar-refractivity contribution is 0.102. The molecule has 2 heterocycles. The van der Waals surface area contributed by atoms with E-state index >= 15 is 0 Å². The van der Waals surface area contributed by atoms with Gasteiger partial charge in [-0.15, -0.1) is 0 Å². The van der Waals surface area contributed by atoms with Crippen molar-refractivity contribution in [1.82, 2.24) is 9.38 Å². The molecular formula is C28H21N5O2. The Kier molecular flexibility index (Phi) is 5.47. The zero-order valence-electron chi connectivity index (χ0n) is 19.2. The van der Waals surface area contributed by atoms with Crippen LogP contribution < -0.4 is 21.4 Å². The molecule has 0 aliphatic carbocycles. The number of nitriles is 1. The molecule has 7 heteroatoms. The van der Waals surface area contributed by atoms with Gasteiger partial charge in [0.1, 0.15) is 6.07 Å². The van der Waals surface area contributed by atoms with Gasteiger partial charge in [-0.1, -0.05) is 36.4 Å². The summed E-state index contributed by atoms with van der Waals surface area (Å²) in [5.41, 5.74) is 5.10. The van der Waals surface area contributed by atoms with Gasteiger partial charge in [-0.05, 0) is 61.4 Å². The largest absolute Gasteiger partial charge is 0.361 e. The molecule has 5 aromatic rings. The summed E-state index contributed by atoms with van der Waals surface area (Å²) in [6.07, 6.45) is 1.59. The molecule has 0 bridgehead atoms. The molecular weight excluding hydrogens is 438 g/mol. The Bertz CT molecular complexity index is 1780. The van der Waals surface area contributed by atoms with Crippen molar-refractivity contribution in [3.63, 3.8) is 0 Å². The smallest absolute Gasteiger partial charge is 0.265 e. The van der Waals surface area contributed by atoms with E-state index in [0.29, 0.717) is 50.0 Å². The zero-order valence-corrected chi connectivity index (χ0v) is 19.2. The average Bonchev–Trinajstić information content (AvgIpc) is 3.24. The number of carbonyl (C=O) groups is 1. The van der Waals surface area contributed by atoms with Gasteiger partial charge in [-0.3, -0.25) is 14.0 Å². The van der Waals surface area contributed by atoms with Crippen molar-refractivity contribution in [3.8, 4) is 6.07 Å². The number of hydrogen-bond acceptors (Lipinski definition) is 5. The number of nitrogens with zero attached hydrogens (tertiary/aromatic N) is 3. The number of para-hydroxylation sites is 2. The van der Waals surface area contributed by atoms with Crippen LogP contribution in [-0.2, 0) is 0 Å². The summed E-state index contributed by atoms with van der Waals surface area (Å²) in [4.78, 5) is 30.6. The van der Waals surface area contributed by atoms with E-state index in [-0.39, 0.29) is 11.5 Å². The van der Waals surface area contributed by atoms with Crippen LogP contribution in [0.5, 0.6) is 0 Å². The Balaban J connectivity index is 1.52. The van der Waals surface area contributed by atoms with Crippen molar-refractivity contribution < 1.29 is 4.79 Å². The summed E-state index contributed by atoms with van der Waals surface area (Å²) in [5.74, 6) is -0.196. The molecule has 1 amide bonds. The molecule has 0 aliphatic rings. The van der Waals surface area contributed by atoms with Gasteiger partial charge in [0.2, 0.25) is 0 Å². The number of aromatic nitrogens is 2. The van der Waals surface area contributed by atoms with E-state index in [1.54, 1.807) is 31.3 Å². The minimum atomic E-state index is -0.262. The van der Waals surface area contributed by atoms with Crippen LogP contribution in [0.15, 0.2) is 77.6 Å². The molecule has 2 N–H and O–H groups in total. The van der Waals surface area contributed by atoms with Crippen LogP contribution in [0.4, 0.5) is 11.4 Å². The molecule has 3 aromatic carbocycles. The Labute approximate surface area is 201 Å². The fourth-order valence-electron chi connectivity index (χ4n) is 4.15. The third kappa shape index (κ3) is 3.87. The van der Waals surface area contributed by atoms with E-state index in [1.807, 2.05) is 61.5 Å². The minimum Gasteiger partial charge on any atom is -0.361 e. The first kappa shape index (κ1) is 21.9. The normalized spacial score (nSPS) is 11.5. The molecule has 7 nitrogen and oxygen atoms in total. The Hall–Kier alpha value is -4.96. The van der Waals surface area contributed by atoms with Gasteiger partial charge in [0, 0.05) is 23.1 Å². The highest BCUT2D eigenvalue weighted by atomic mass is 16.1. The molecule has 2 aromatic heterocycles. The van der Waals surface area contributed by atoms with Crippen molar-refractivity contribution >= 4 is 40.2 Å². The molecule has 0 spiro atoms. The highest BCUT2D eigenvalue weighted by Crippen LogP contribution is 2.19. The van der Waals surface area contributed by atoms with E-state index in [0.717, 1.165) is 5.56 Å². The predicted octanol–water partition coefficient (Wildman–Crippen LogP) is 4.16. The molecule has 0 saturated carbocycles. The van der Waals surface area contributed by atoms with Crippen molar-refractivity contribution in [2.24, 2.45) is 0 Å². The second kappa shape index (κ2) is 8.76. The van der Waals surface area contributed by atoms with E-state index in [4.69, 9.17) is 0 Å². The predicted molar refractivity (Wildman–Crippen MR) is 137 cm³/mol. The number of hydrogen-bond donors (Lipinski definition) is 2. The lowest BCUT2D eigenvalue weighted by Crippen LogP contribution is -2.34. The molecule has 170 valence electrons. The second-order valence-electron chi connectivity index (χ2n) is 8.23. The van der Waals surface area contributed by atoms with Gasteiger partial charge >= 0.3 is 0 Å². The third-order valence-electron chi connectivity index (χ3n) is 6.00. The molecule has 0 radical (unpaired) electrons. The summed E-state index contributed by atoms with van der Waals surface area (Å²) in [6, 6.07) is 24.1. The van der Waals surface area contributed by atoms with Gasteiger partial charge < -0.3 is 10.6 Å². The van der Waals surface area contributed by atoms with Crippen LogP contribution >= 0.6 is 0 Å². The highest BCUT2D eigenvalue weighted by molar-refractivity contribution is 6.05. The first-order chi connectivity index (χ1) is 17.0. The molecule has 0 aliphatic heterocycles. The van der Waals surface area contributed by atoms with Crippen LogP contribution in [0, 0.1) is 25.2 Å². The van der Waals surface area contributed by atoms with Gasteiger partial charge in [-0.2, -0.15) is 5.26 Å². The van der Waals surface area contributed by atoms with Crippen LogP contribution in [0.3, 0.4) is 0 Å². The lowest BCUT2D eigenvalue weighted by Gasteiger charge is -2.09. The van der Waals surface area contributed by atoms with E-state index in [2.05, 4.69) is 21.7 Å². The van der Waals surface area contributed by atoms with Crippen LogP contribution in [0.1, 0.15) is 27.0 Å². The van der Waals surface area contributed by atoms with E-state index in [9.17, 15) is 14.9 Å². The highest BCUT2D eigenvalue weighted by Gasteiger charge is 2.16. The van der Waals surface area contributed by atoms with Gasteiger partial charge in [0.05, 0.1) is 21.8 Å². The maximum Gasteiger partial charge on any atom is 0.265 e. The molecule has 0 fully saturated rings.